The molecule has 0 saturated heterocycles. The molecule has 3 aromatic rings. The largest absolute Gasteiger partial charge is 0.497 e. The molecule has 19 heavy (non-hydrogen) atoms. The number of aromatic nitrogens is 3. The van der Waals surface area contributed by atoms with Gasteiger partial charge in [0, 0.05) is 23.5 Å². The van der Waals surface area contributed by atoms with Crippen molar-refractivity contribution in [3.05, 3.63) is 36.0 Å². The summed E-state index contributed by atoms with van der Waals surface area (Å²) in [7, 11) is 1.61. The zero-order chi connectivity index (χ0) is 13.4. The summed E-state index contributed by atoms with van der Waals surface area (Å²) in [5.74, 6) is 1.44. The Morgan fingerprint density at radius 2 is 2.11 bits per heavy atom. The van der Waals surface area contributed by atoms with Crippen molar-refractivity contribution in [2.75, 3.05) is 12.8 Å². The maximum absolute atomic E-state index is 6.02. The second kappa shape index (κ2) is 4.28. The van der Waals surface area contributed by atoms with E-state index in [4.69, 9.17) is 10.5 Å². The number of nitrogens with one attached hydrogen (secondary N) is 1. The van der Waals surface area contributed by atoms with Crippen LogP contribution >= 0.6 is 0 Å². The van der Waals surface area contributed by atoms with Gasteiger partial charge in [-0.15, -0.1) is 0 Å². The average Bonchev–Trinajstić information content (AvgIpc) is 2.81. The van der Waals surface area contributed by atoms with Crippen molar-refractivity contribution < 1.29 is 4.74 Å². The Morgan fingerprint density at radius 3 is 2.84 bits per heavy atom. The minimum Gasteiger partial charge on any atom is -0.497 e. The van der Waals surface area contributed by atoms with Crippen LogP contribution in [0.3, 0.4) is 0 Å². The molecular weight excluding hydrogens is 240 g/mol. The molecule has 2 aromatic heterocycles. The van der Waals surface area contributed by atoms with Gasteiger partial charge < -0.3 is 15.5 Å². The number of pyridine rings is 1. The monoisotopic (exact) mass is 254 g/mol. The summed E-state index contributed by atoms with van der Waals surface area (Å²) in [6, 6.07) is 7.54. The molecule has 0 aliphatic heterocycles. The van der Waals surface area contributed by atoms with Crippen molar-refractivity contribution in [1.82, 2.24) is 15.0 Å². The van der Waals surface area contributed by atoms with Crippen LogP contribution in [0.5, 0.6) is 5.75 Å². The van der Waals surface area contributed by atoms with Crippen molar-refractivity contribution in [3.8, 4) is 17.1 Å². The van der Waals surface area contributed by atoms with Gasteiger partial charge in [-0.2, -0.15) is 0 Å². The molecule has 0 unspecified atom stereocenters. The number of hydrogen-bond acceptors (Lipinski definition) is 4. The number of methoxy groups -OCH3 is 1. The minimum absolute atomic E-state index is 0.620. The van der Waals surface area contributed by atoms with Crippen LogP contribution in [0, 0.1) is 6.92 Å². The fourth-order valence-electron chi connectivity index (χ4n) is 2.02. The summed E-state index contributed by atoms with van der Waals surface area (Å²) in [6.07, 6.45) is 1.80. The van der Waals surface area contributed by atoms with Crippen LogP contribution in [0.25, 0.3) is 22.6 Å². The van der Waals surface area contributed by atoms with Crippen LogP contribution in [0.15, 0.2) is 30.5 Å². The first-order valence-electron chi connectivity index (χ1n) is 5.93. The van der Waals surface area contributed by atoms with Crippen molar-refractivity contribution in [3.63, 3.8) is 0 Å². The third kappa shape index (κ3) is 1.99. The van der Waals surface area contributed by atoms with Crippen LogP contribution in [-0.2, 0) is 0 Å². The summed E-state index contributed by atoms with van der Waals surface area (Å²) in [5.41, 5.74) is 10.2. The second-order valence-corrected chi connectivity index (χ2v) is 4.42. The number of ether oxygens (including phenoxy) is 1. The fourth-order valence-corrected chi connectivity index (χ4v) is 2.02. The van der Waals surface area contributed by atoms with Crippen molar-refractivity contribution in [2.24, 2.45) is 0 Å². The van der Waals surface area contributed by atoms with E-state index in [2.05, 4.69) is 15.0 Å². The van der Waals surface area contributed by atoms with E-state index in [9.17, 15) is 0 Å². The van der Waals surface area contributed by atoms with E-state index in [-0.39, 0.29) is 0 Å². The molecule has 0 fully saturated rings. The molecule has 0 bridgehead atoms. The number of nitrogens with zero attached hydrogens (tertiary/aromatic N) is 2. The van der Waals surface area contributed by atoms with Gasteiger partial charge >= 0.3 is 0 Å². The molecule has 96 valence electrons. The lowest BCUT2D eigenvalue weighted by atomic mass is 10.1. The first kappa shape index (κ1) is 11.5. The Balaban J connectivity index is 2.13. The normalized spacial score (nSPS) is 10.8. The highest BCUT2D eigenvalue weighted by atomic mass is 16.5. The molecule has 0 radical (unpaired) electrons. The number of benzene rings is 1. The molecule has 2 heterocycles. The van der Waals surface area contributed by atoms with Gasteiger partial charge in [-0.3, -0.25) is 0 Å². The predicted molar refractivity (Wildman–Crippen MR) is 75.0 cm³/mol. The third-order valence-corrected chi connectivity index (χ3v) is 2.99. The van der Waals surface area contributed by atoms with Crippen LogP contribution < -0.4 is 10.5 Å². The molecular formula is C14H14N4O. The molecule has 0 saturated carbocycles. The number of nitrogen functional groups attached to an aromatic ring is 1. The number of fused-ring (bicyclic) bond motifs is 1. The number of hydrogen-bond donors (Lipinski definition) is 2. The molecule has 5 heteroatoms. The maximum atomic E-state index is 6.02. The van der Waals surface area contributed by atoms with E-state index >= 15 is 0 Å². The Morgan fingerprint density at radius 1 is 1.26 bits per heavy atom. The van der Waals surface area contributed by atoms with E-state index in [1.807, 2.05) is 25.1 Å². The first-order chi connectivity index (χ1) is 9.17. The van der Waals surface area contributed by atoms with Gasteiger partial charge in [0.1, 0.15) is 11.6 Å². The van der Waals surface area contributed by atoms with E-state index in [1.165, 1.54) is 0 Å². The highest BCUT2D eigenvalue weighted by Crippen LogP contribution is 2.28. The van der Waals surface area contributed by atoms with E-state index < -0.39 is 0 Å². The fraction of sp³-hybridized carbons (Fsp3) is 0.143. The smallest absolute Gasteiger partial charge is 0.178 e. The number of rotatable bonds is 2. The van der Waals surface area contributed by atoms with Gasteiger partial charge in [-0.1, -0.05) is 0 Å². The number of imidazole rings is 1. The number of aromatic amines is 1. The topological polar surface area (TPSA) is 76.8 Å². The van der Waals surface area contributed by atoms with Crippen LogP contribution in [0.4, 0.5) is 5.69 Å². The molecule has 5 nitrogen and oxygen atoms in total. The highest BCUT2D eigenvalue weighted by molar-refractivity contribution is 5.80. The van der Waals surface area contributed by atoms with Crippen molar-refractivity contribution in [2.45, 2.75) is 6.92 Å². The zero-order valence-corrected chi connectivity index (χ0v) is 10.8. The van der Waals surface area contributed by atoms with Gasteiger partial charge in [0.25, 0.3) is 0 Å². The van der Waals surface area contributed by atoms with Crippen LogP contribution in [0.2, 0.25) is 0 Å². The van der Waals surface area contributed by atoms with Gasteiger partial charge in [0.15, 0.2) is 5.65 Å². The lowest BCUT2D eigenvalue weighted by Gasteiger charge is -2.05. The number of H-pyrrole nitrogens is 1. The summed E-state index contributed by atoms with van der Waals surface area (Å²) < 4.78 is 5.14. The lowest BCUT2D eigenvalue weighted by molar-refractivity contribution is 0.415. The summed E-state index contributed by atoms with van der Waals surface area (Å²) in [6.45, 7) is 1.99. The average molecular weight is 254 g/mol. The molecule has 0 aliphatic rings. The highest BCUT2D eigenvalue weighted by Gasteiger charge is 2.10. The Hall–Kier alpha value is -2.56. The van der Waals surface area contributed by atoms with Gasteiger partial charge in [-0.05, 0) is 30.7 Å². The predicted octanol–water partition coefficient (Wildman–Crippen LogP) is 2.52. The summed E-state index contributed by atoms with van der Waals surface area (Å²) in [4.78, 5) is 12.0. The van der Waals surface area contributed by atoms with Crippen LogP contribution in [0.1, 0.15) is 5.56 Å². The molecule has 3 N–H and O–H groups in total. The molecule has 3 rings (SSSR count). The number of nitrogens with two attached hydrogens (primary N) is 1. The maximum Gasteiger partial charge on any atom is 0.178 e. The summed E-state index contributed by atoms with van der Waals surface area (Å²) in [5, 5.41) is 0. The molecule has 1 aromatic carbocycles. The number of anilines is 1. The SMILES string of the molecule is COc1ccc(-c2nc3ncc(C)cc3[nH]2)c(N)c1. The van der Waals surface area contributed by atoms with Crippen molar-refractivity contribution in [1.29, 1.82) is 0 Å². The van der Waals surface area contributed by atoms with Gasteiger partial charge in [0.05, 0.1) is 12.6 Å². The van der Waals surface area contributed by atoms with Gasteiger partial charge in [-0.25, -0.2) is 9.97 Å². The standard InChI is InChI=1S/C14H14N4O/c1-8-5-12-14(16-7-8)18-13(17-12)10-4-3-9(19-2)6-11(10)15/h3-7H,15H2,1-2H3,(H,16,17,18). The Labute approximate surface area is 110 Å². The lowest BCUT2D eigenvalue weighted by Crippen LogP contribution is -1.93. The summed E-state index contributed by atoms with van der Waals surface area (Å²) >= 11 is 0. The van der Waals surface area contributed by atoms with E-state index in [0.29, 0.717) is 17.2 Å². The second-order valence-electron chi connectivity index (χ2n) is 4.42. The Kier molecular flexibility index (Phi) is 2.59. The van der Waals surface area contributed by atoms with Crippen LogP contribution in [-0.4, -0.2) is 22.1 Å². The van der Waals surface area contributed by atoms with Gasteiger partial charge in [0.2, 0.25) is 0 Å². The molecule has 0 amide bonds. The molecule has 0 atom stereocenters. The third-order valence-electron chi connectivity index (χ3n) is 2.99. The van der Waals surface area contributed by atoms with E-state index in [1.54, 1.807) is 19.4 Å². The Bertz CT molecular complexity index is 748. The van der Waals surface area contributed by atoms with E-state index in [0.717, 1.165) is 22.4 Å². The number of aryl methyl sites for hydroxylation is 1. The zero-order valence-electron chi connectivity index (χ0n) is 10.8. The molecule has 0 aliphatic carbocycles. The van der Waals surface area contributed by atoms with Crippen molar-refractivity contribution >= 4 is 16.9 Å². The minimum atomic E-state index is 0.620. The molecule has 0 spiro atoms. The first-order valence-corrected chi connectivity index (χ1v) is 5.93. The quantitative estimate of drug-likeness (QED) is 0.689.